The summed E-state index contributed by atoms with van der Waals surface area (Å²) in [6.07, 6.45) is 1.61. The Morgan fingerprint density at radius 1 is 1.26 bits per heavy atom. The molecule has 0 aliphatic carbocycles. The van der Waals surface area contributed by atoms with Crippen LogP contribution >= 0.6 is 11.8 Å². The van der Waals surface area contributed by atoms with Gasteiger partial charge in [0.2, 0.25) is 11.8 Å². The molecule has 0 saturated carbocycles. The van der Waals surface area contributed by atoms with Gasteiger partial charge >= 0.3 is 5.97 Å². The van der Waals surface area contributed by atoms with E-state index in [4.69, 9.17) is 0 Å². The maximum absolute atomic E-state index is 13.6. The lowest BCUT2D eigenvalue weighted by Gasteiger charge is -2.44. The lowest BCUT2D eigenvalue weighted by Crippen LogP contribution is -2.63. The fourth-order valence-electron chi connectivity index (χ4n) is 4.01. The van der Waals surface area contributed by atoms with Crippen LogP contribution in [0.25, 0.3) is 0 Å². The van der Waals surface area contributed by atoms with E-state index in [1.54, 1.807) is 29.8 Å². The van der Waals surface area contributed by atoms with Crippen molar-refractivity contribution in [3.05, 3.63) is 11.6 Å². The number of carboxylic acid groups (broad SMARTS) is 1. The van der Waals surface area contributed by atoms with Crippen LogP contribution in [0.5, 0.6) is 0 Å². The van der Waals surface area contributed by atoms with Crippen LogP contribution in [0.4, 0.5) is 0 Å². The van der Waals surface area contributed by atoms with Crippen LogP contribution in [0.3, 0.4) is 0 Å². The second kappa shape index (κ2) is 10.4. The summed E-state index contributed by atoms with van der Waals surface area (Å²) in [5.41, 5.74) is -0.323. The van der Waals surface area contributed by atoms with Crippen LogP contribution in [-0.2, 0) is 14.4 Å². The number of thioether (sulfide) groups is 1. The largest absolute Gasteiger partial charge is 0.478 e. The Morgan fingerprint density at radius 3 is 2.23 bits per heavy atom. The third-order valence-corrected chi connectivity index (χ3v) is 7.26. The maximum atomic E-state index is 13.6. The van der Waals surface area contributed by atoms with E-state index in [1.807, 2.05) is 41.7 Å². The molecule has 0 aromatic heterocycles. The number of carboxylic acids is 1. The Morgan fingerprint density at radius 2 is 1.81 bits per heavy atom. The molecule has 2 amide bonds. The SMILES string of the molecule is C/C(=C\C(C(C)C)N(C)C(=O)C(NC(=O)C1N(C)CCSC1(C)C)C(C)(C)C)C(=O)O. The molecule has 31 heavy (non-hydrogen) atoms. The van der Waals surface area contributed by atoms with E-state index in [0.29, 0.717) is 0 Å². The Hall–Kier alpha value is -1.54. The number of carbonyl (C=O) groups is 3. The molecule has 1 heterocycles. The predicted octanol–water partition coefficient (Wildman–Crippen LogP) is 2.86. The van der Waals surface area contributed by atoms with Crippen LogP contribution in [0.1, 0.15) is 55.4 Å². The molecule has 7 nitrogen and oxygen atoms in total. The number of nitrogens with one attached hydrogen (secondary N) is 1. The van der Waals surface area contributed by atoms with Crippen LogP contribution < -0.4 is 5.32 Å². The van der Waals surface area contributed by atoms with Crippen LogP contribution in [0.15, 0.2) is 11.6 Å². The molecule has 3 atom stereocenters. The molecule has 1 rings (SSSR count). The smallest absolute Gasteiger partial charge is 0.331 e. The zero-order valence-electron chi connectivity index (χ0n) is 20.8. The van der Waals surface area contributed by atoms with Crippen LogP contribution in [0, 0.1) is 11.3 Å². The van der Waals surface area contributed by atoms with Gasteiger partial charge in [0.05, 0.1) is 6.04 Å². The monoisotopic (exact) mass is 455 g/mol. The normalized spacial score (nSPS) is 22.0. The fraction of sp³-hybridized carbons (Fsp3) is 0.783. The summed E-state index contributed by atoms with van der Waals surface area (Å²) < 4.78 is -0.268. The van der Waals surface area contributed by atoms with Gasteiger partial charge < -0.3 is 15.3 Å². The highest BCUT2D eigenvalue weighted by atomic mass is 32.2. The number of hydrogen-bond acceptors (Lipinski definition) is 5. The molecule has 1 fully saturated rings. The minimum atomic E-state index is -1.01. The Bertz CT molecular complexity index is 712. The maximum Gasteiger partial charge on any atom is 0.331 e. The van der Waals surface area contributed by atoms with Crippen molar-refractivity contribution >= 4 is 29.5 Å². The number of carbonyl (C=O) groups excluding carboxylic acids is 2. The topological polar surface area (TPSA) is 90.0 Å². The summed E-state index contributed by atoms with van der Waals surface area (Å²) in [5, 5.41) is 12.3. The minimum absolute atomic E-state index is 0.0133. The first kappa shape index (κ1) is 27.5. The van der Waals surface area contributed by atoms with Crippen molar-refractivity contribution in [3.8, 4) is 0 Å². The molecule has 0 bridgehead atoms. The fourth-order valence-corrected chi connectivity index (χ4v) is 5.36. The summed E-state index contributed by atoms with van der Waals surface area (Å²) in [7, 11) is 3.62. The van der Waals surface area contributed by atoms with E-state index in [0.717, 1.165) is 12.3 Å². The number of aliphatic carboxylic acids is 1. The summed E-state index contributed by atoms with van der Waals surface area (Å²) in [4.78, 5) is 41.9. The molecule has 1 aliphatic rings. The average Bonchev–Trinajstić information content (AvgIpc) is 2.60. The second-order valence-electron chi connectivity index (χ2n) is 10.5. The molecule has 178 valence electrons. The molecule has 8 heteroatoms. The second-order valence-corrected chi connectivity index (χ2v) is 12.2. The van der Waals surface area contributed by atoms with Crippen molar-refractivity contribution in [2.24, 2.45) is 11.3 Å². The Kier molecular flexibility index (Phi) is 9.21. The minimum Gasteiger partial charge on any atom is -0.478 e. The van der Waals surface area contributed by atoms with Gasteiger partial charge in [0.25, 0.3) is 0 Å². The van der Waals surface area contributed by atoms with Gasteiger partial charge in [-0.15, -0.1) is 0 Å². The molecule has 0 aromatic carbocycles. The first-order valence-corrected chi connectivity index (χ1v) is 11.8. The molecule has 3 unspecified atom stereocenters. The van der Waals surface area contributed by atoms with Crippen molar-refractivity contribution in [2.75, 3.05) is 26.4 Å². The third kappa shape index (κ3) is 6.97. The molecule has 2 N–H and O–H groups in total. The molecule has 0 aromatic rings. The molecular weight excluding hydrogens is 414 g/mol. The lowest BCUT2D eigenvalue weighted by atomic mass is 9.84. The molecule has 0 spiro atoms. The van der Waals surface area contributed by atoms with Gasteiger partial charge in [0.1, 0.15) is 12.1 Å². The number of nitrogens with zero attached hydrogens (tertiary/aromatic N) is 2. The van der Waals surface area contributed by atoms with Gasteiger partial charge in [0, 0.05) is 29.7 Å². The summed E-state index contributed by atoms with van der Waals surface area (Å²) in [6.45, 7) is 16.1. The van der Waals surface area contributed by atoms with Crippen molar-refractivity contribution < 1.29 is 19.5 Å². The highest BCUT2D eigenvalue weighted by molar-refractivity contribution is 8.00. The highest BCUT2D eigenvalue weighted by Gasteiger charge is 2.44. The Labute approximate surface area is 192 Å². The highest BCUT2D eigenvalue weighted by Crippen LogP contribution is 2.35. The van der Waals surface area contributed by atoms with Gasteiger partial charge in [-0.3, -0.25) is 14.5 Å². The average molecular weight is 456 g/mol. The zero-order chi connectivity index (χ0) is 24.3. The number of rotatable bonds is 7. The Balaban J connectivity index is 3.21. The van der Waals surface area contributed by atoms with E-state index < -0.39 is 23.5 Å². The van der Waals surface area contributed by atoms with Gasteiger partial charge in [0.15, 0.2) is 0 Å². The van der Waals surface area contributed by atoms with E-state index >= 15 is 0 Å². The molecule has 1 aliphatic heterocycles. The van der Waals surface area contributed by atoms with E-state index in [2.05, 4.69) is 24.1 Å². The molecule has 0 radical (unpaired) electrons. The standard InChI is InChI=1S/C23H41N3O4S/c1-14(2)16(13-15(3)21(29)30)26(10)20(28)17(22(4,5)6)24-19(27)18-23(7,8)31-12-11-25(18)9/h13-14,16-18H,11-12H2,1-10H3,(H,24,27)(H,29,30)/b15-13+. The van der Waals surface area contributed by atoms with E-state index in [1.165, 1.54) is 6.92 Å². The molecular formula is C23H41N3O4S. The summed E-state index contributed by atoms with van der Waals surface area (Å²) in [5.74, 6) is -0.410. The van der Waals surface area contributed by atoms with Gasteiger partial charge in [-0.2, -0.15) is 11.8 Å². The van der Waals surface area contributed by atoms with Crippen LogP contribution in [0.2, 0.25) is 0 Å². The predicted molar refractivity (Wildman–Crippen MR) is 127 cm³/mol. The third-order valence-electron chi connectivity index (χ3n) is 5.90. The summed E-state index contributed by atoms with van der Waals surface area (Å²) in [6, 6.07) is -1.47. The first-order chi connectivity index (χ1) is 14.0. The van der Waals surface area contributed by atoms with Crippen molar-refractivity contribution in [2.45, 2.75) is 78.3 Å². The van der Waals surface area contributed by atoms with Crippen LogP contribution in [-0.4, -0.2) is 82.0 Å². The summed E-state index contributed by atoms with van der Waals surface area (Å²) >= 11 is 1.77. The van der Waals surface area contributed by atoms with E-state index in [-0.39, 0.29) is 34.1 Å². The van der Waals surface area contributed by atoms with Gasteiger partial charge in [-0.05, 0) is 39.2 Å². The van der Waals surface area contributed by atoms with E-state index in [9.17, 15) is 19.5 Å². The van der Waals surface area contributed by atoms with Gasteiger partial charge in [-0.1, -0.05) is 40.7 Å². The van der Waals surface area contributed by atoms with Crippen molar-refractivity contribution in [3.63, 3.8) is 0 Å². The number of hydrogen-bond donors (Lipinski definition) is 2. The first-order valence-electron chi connectivity index (χ1n) is 10.8. The molecule has 1 saturated heterocycles. The number of amides is 2. The number of likely N-dealkylation sites (N-methyl/N-ethyl adjacent to an activating group) is 2. The zero-order valence-corrected chi connectivity index (χ0v) is 21.6. The quantitative estimate of drug-likeness (QED) is 0.574. The van der Waals surface area contributed by atoms with Gasteiger partial charge in [-0.25, -0.2) is 4.79 Å². The van der Waals surface area contributed by atoms with Crippen molar-refractivity contribution in [1.82, 2.24) is 15.1 Å². The lowest BCUT2D eigenvalue weighted by molar-refractivity contribution is -0.141. The van der Waals surface area contributed by atoms with Crippen molar-refractivity contribution in [1.29, 1.82) is 0 Å².